The molecule has 1 aromatic carbocycles. The van der Waals surface area contributed by atoms with E-state index in [-0.39, 0.29) is 17.9 Å². The molecular formula is C18H25N3O2. The normalized spacial score (nSPS) is 21.0. The van der Waals surface area contributed by atoms with Crippen molar-refractivity contribution in [3.63, 3.8) is 0 Å². The van der Waals surface area contributed by atoms with Gasteiger partial charge in [0.25, 0.3) is 0 Å². The first-order valence-corrected chi connectivity index (χ1v) is 8.50. The zero-order valence-corrected chi connectivity index (χ0v) is 13.9. The molecule has 1 aliphatic heterocycles. The van der Waals surface area contributed by atoms with Crippen molar-refractivity contribution in [2.45, 2.75) is 39.5 Å². The minimum atomic E-state index is -0.0506. The Balaban J connectivity index is 1.66. The van der Waals surface area contributed by atoms with Crippen molar-refractivity contribution in [1.82, 2.24) is 4.90 Å². The van der Waals surface area contributed by atoms with E-state index in [2.05, 4.69) is 17.6 Å². The Labute approximate surface area is 137 Å². The highest BCUT2D eigenvalue weighted by molar-refractivity contribution is 5.96. The number of carbonyl (C=O) groups excluding carboxylic acids is 2. The number of likely N-dealkylation sites (tertiary alicyclic amines) is 1. The lowest BCUT2D eigenvalue weighted by molar-refractivity contribution is -0.117. The van der Waals surface area contributed by atoms with Gasteiger partial charge in [0.2, 0.25) is 5.91 Å². The standard InChI is InChI=1S/C18H25N3O2/c1-12-4-3-9-21(11-12)18(23)20-16-10-15(8-5-13(16)2)19-17(22)14-6-7-14/h5,8,10,12,14H,3-4,6-7,9,11H2,1-2H3,(H,19,22)(H,20,23). The van der Waals surface area contributed by atoms with Gasteiger partial charge in [-0.2, -0.15) is 0 Å². The highest BCUT2D eigenvalue weighted by atomic mass is 16.2. The third-order valence-electron chi connectivity index (χ3n) is 4.64. The Kier molecular flexibility index (Phi) is 4.55. The van der Waals surface area contributed by atoms with Gasteiger partial charge in [-0.05, 0) is 56.2 Å². The second-order valence-electron chi connectivity index (χ2n) is 6.92. The van der Waals surface area contributed by atoms with Crippen LogP contribution in [-0.4, -0.2) is 29.9 Å². The van der Waals surface area contributed by atoms with Crippen LogP contribution in [0.2, 0.25) is 0 Å². The third-order valence-corrected chi connectivity index (χ3v) is 4.64. The first-order valence-electron chi connectivity index (χ1n) is 8.50. The van der Waals surface area contributed by atoms with Gasteiger partial charge in [0, 0.05) is 30.4 Å². The number of nitrogens with zero attached hydrogens (tertiary/aromatic N) is 1. The average Bonchev–Trinajstić information content (AvgIpc) is 3.35. The Morgan fingerprint density at radius 2 is 1.96 bits per heavy atom. The molecule has 5 nitrogen and oxygen atoms in total. The van der Waals surface area contributed by atoms with E-state index in [1.165, 1.54) is 6.42 Å². The maximum atomic E-state index is 12.4. The van der Waals surface area contributed by atoms with Crippen LogP contribution in [0.3, 0.4) is 0 Å². The summed E-state index contributed by atoms with van der Waals surface area (Å²) in [5.41, 5.74) is 2.50. The van der Waals surface area contributed by atoms with Crippen molar-refractivity contribution in [1.29, 1.82) is 0 Å². The molecule has 1 saturated carbocycles. The first kappa shape index (κ1) is 15.8. The van der Waals surface area contributed by atoms with Crippen molar-refractivity contribution < 1.29 is 9.59 Å². The predicted octanol–water partition coefficient (Wildman–Crippen LogP) is 3.61. The number of aryl methyl sites for hydroxylation is 1. The van der Waals surface area contributed by atoms with Crippen LogP contribution >= 0.6 is 0 Å². The summed E-state index contributed by atoms with van der Waals surface area (Å²) in [6, 6.07) is 5.61. The second-order valence-corrected chi connectivity index (χ2v) is 6.92. The molecule has 124 valence electrons. The van der Waals surface area contributed by atoms with Crippen LogP contribution in [0, 0.1) is 18.8 Å². The molecular weight excluding hydrogens is 290 g/mol. The fourth-order valence-corrected chi connectivity index (χ4v) is 2.99. The lowest BCUT2D eigenvalue weighted by atomic mass is 10.0. The molecule has 1 unspecified atom stereocenters. The summed E-state index contributed by atoms with van der Waals surface area (Å²) in [5.74, 6) is 0.805. The number of anilines is 2. The summed E-state index contributed by atoms with van der Waals surface area (Å²) in [6.45, 7) is 5.76. The minimum absolute atomic E-state index is 0.0506. The lowest BCUT2D eigenvalue weighted by Crippen LogP contribution is -2.41. The zero-order valence-electron chi connectivity index (χ0n) is 13.9. The first-order chi connectivity index (χ1) is 11.0. The van der Waals surface area contributed by atoms with Crippen molar-refractivity contribution in [2.75, 3.05) is 23.7 Å². The van der Waals surface area contributed by atoms with Crippen LogP contribution in [0.5, 0.6) is 0 Å². The molecule has 3 amide bonds. The molecule has 1 saturated heterocycles. The SMILES string of the molecule is Cc1ccc(NC(=O)C2CC2)cc1NC(=O)N1CCCC(C)C1. The number of urea groups is 1. The van der Waals surface area contributed by atoms with Crippen LogP contribution < -0.4 is 10.6 Å². The summed E-state index contributed by atoms with van der Waals surface area (Å²) < 4.78 is 0. The second kappa shape index (κ2) is 6.60. The number of rotatable bonds is 3. The fraction of sp³-hybridized carbons (Fsp3) is 0.556. The number of hydrogen-bond acceptors (Lipinski definition) is 2. The van der Waals surface area contributed by atoms with Crippen molar-refractivity contribution in [3.8, 4) is 0 Å². The Morgan fingerprint density at radius 1 is 1.17 bits per heavy atom. The highest BCUT2D eigenvalue weighted by Gasteiger charge is 2.29. The number of benzene rings is 1. The van der Waals surface area contributed by atoms with Crippen LogP contribution in [0.1, 0.15) is 38.2 Å². The molecule has 3 rings (SSSR count). The minimum Gasteiger partial charge on any atom is -0.326 e. The molecule has 1 heterocycles. The van der Waals surface area contributed by atoms with E-state index in [0.29, 0.717) is 5.92 Å². The molecule has 0 radical (unpaired) electrons. The monoisotopic (exact) mass is 315 g/mol. The van der Waals surface area contributed by atoms with E-state index < -0.39 is 0 Å². The quantitative estimate of drug-likeness (QED) is 0.895. The van der Waals surface area contributed by atoms with Crippen LogP contribution in [0.15, 0.2) is 18.2 Å². The number of hydrogen-bond donors (Lipinski definition) is 2. The smallest absolute Gasteiger partial charge is 0.321 e. The van der Waals surface area contributed by atoms with Gasteiger partial charge in [0.1, 0.15) is 0 Å². The molecule has 0 bridgehead atoms. The molecule has 0 spiro atoms. The molecule has 1 atom stereocenters. The van der Waals surface area contributed by atoms with Crippen LogP contribution in [0.25, 0.3) is 0 Å². The largest absolute Gasteiger partial charge is 0.326 e. The van der Waals surface area contributed by atoms with Crippen molar-refractivity contribution in [3.05, 3.63) is 23.8 Å². The number of amides is 3. The maximum absolute atomic E-state index is 12.4. The van der Waals surface area contributed by atoms with E-state index in [0.717, 1.165) is 49.3 Å². The number of carbonyl (C=O) groups is 2. The number of nitrogens with one attached hydrogen (secondary N) is 2. The third kappa shape index (κ3) is 4.03. The molecule has 0 aromatic heterocycles. The topological polar surface area (TPSA) is 61.4 Å². The molecule has 2 N–H and O–H groups in total. The van der Waals surface area contributed by atoms with Crippen LogP contribution in [0.4, 0.5) is 16.2 Å². The maximum Gasteiger partial charge on any atom is 0.321 e. The van der Waals surface area contributed by atoms with Gasteiger partial charge >= 0.3 is 6.03 Å². The summed E-state index contributed by atoms with van der Waals surface area (Å²) in [4.78, 5) is 26.2. The molecule has 2 fully saturated rings. The molecule has 2 aliphatic rings. The average molecular weight is 315 g/mol. The fourth-order valence-electron chi connectivity index (χ4n) is 2.99. The zero-order chi connectivity index (χ0) is 16.4. The molecule has 5 heteroatoms. The summed E-state index contributed by atoms with van der Waals surface area (Å²) in [7, 11) is 0. The highest BCUT2D eigenvalue weighted by Crippen LogP contribution is 2.31. The van der Waals surface area contributed by atoms with Crippen molar-refractivity contribution in [2.24, 2.45) is 11.8 Å². The van der Waals surface area contributed by atoms with E-state index in [9.17, 15) is 9.59 Å². The molecule has 1 aromatic rings. The van der Waals surface area contributed by atoms with Gasteiger partial charge in [-0.25, -0.2) is 4.79 Å². The predicted molar refractivity (Wildman–Crippen MR) is 91.5 cm³/mol. The van der Waals surface area contributed by atoms with E-state index in [4.69, 9.17) is 0 Å². The molecule has 23 heavy (non-hydrogen) atoms. The van der Waals surface area contributed by atoms with E-state index in [1.54, 1.807) is 0 Å². The lowest BCUT2D eigenvalue weighted by Gasteiger charge is -2.31. The van der Waals surface area contributed by atoms with Gasteiger partial charge in [-0.3, -0.25) is 4.79 Å². The summed E-state index contributed by atoms with van der Waals surface area (Å²) in [5, 5.41) is 5.92. The van der Waals surface area contributed by atoms with Gasteiger partial charge in [0.05, 0.1) is 0 Å². The van der Waals surface area contributed by atoms with E-state index >= 15 is 0 Å². The summed E-state index contributed by atoms with van der Waals surface area (Å²) >= 11 is 0. The van der Waals surface area contributed by atoms with Gasteiger partial charge < -0.3 is 15.5 Å². The summed E-state index contributed by atoms with van der Waals surface area (Å²) in [6.07, 6.45) is 4.21. The van der Waals surface area contributed by atoms with E-state index in [1.807, 2.05) is 30.0 Å². The number of piperidine rings is 1. The van der Waals surface area contributed by atoms with Gasteiger partial charge in [-0.15, -0.1) is 0 Å². The Hall–Kier alpha value is -2.04. The van der Waals surface area contributed by atoms with Gasteiger partial charge in [-0.1, -0.05) is 13.0 Å². The van der Waals surface area contributed by atoms with Crippen molar-refractivity contribution >= 4 is 23.3 Å². The Bertz CT molecular complexity index is 610. The molecule has 1 aliphatic carbocycles. The van der Waals surface area contributed by atoms with Crippen LogP contribution in [-0.2, 0) is 4.79 Å². The van der Waals surface area contributed by atoms with Gasteiger partial charge in [0.15, 0.2) is 0 Å². The Morgan fingerprint density at radius 3 is 2.65 bits per heavy atom.